The Labute approximate surface area is 414 Å². The molecule has 0 aliphatic heterocycles. The van der Waals surface area contributed by atoms with E-state index in [1.807, 2.05) is 0 Å². The summed E-state index contributed by atoms with van der Waals surface area (Å²) in [6.07, 6.45) is 4.44. The van der Waals surface area contributed by atoms with Crippen molar-refractivity contribution >= 4 is 86.4 Å². The molecule has 2 aliphatic rings. The smallest absolute Gasteiger partial charge is 0.0528 e. The highest BCUT2D eigenvalue weighted by Crippen LogP contribution is 2.60. The van der Waals surface area contributed by atoms with Crippen LogP contribution in [0.15, 0.2) is 243 Å². The van der Waals surface area contributed by atoms with Crippen molar-refractivity contribution in [3.8, 4) is 78.1 Å². The van der Waals surface area contributed by atoms with Crippen LogP contribution in [0.25, 0.3) is 165 Å². The van der Waals surface area contributed by atoms with Crippen LogP contribution in [0.3, 0.4) is 0 Å². The van der Waals surface area contributed by atoms with Crippen LogP contribution in [0.5, 0.6) is 0 Å². The second-order valence-corrected chi connectivity index (χ2v) is 19.9. The van der Waals surface area contributed by atoms with Crippen LogP contribution in [0, 0.1) is 0 Å². The fourth-order valence-electron chi connectivity index (χ4n) is 13.3. The van der Waals surface area contributed by atoms with Crippen LogP contribution in [0.1, 0.15) is 0 Å². The number of para-hydroxylation sites is 2. The van der Waals surface area contributed by atoms with E-state index < -0.39 is 0 Å². The van der Waals surface area contributed by atoms with Gasteiger partial charge in [0.25, 0.3) is 0 Å². The molecule has 0 saturated carbocycles. The number of aromatic nitrogens is 2. The Morgan fingerprint density at radius 2 is 0.750 bits per heavy atom. The van der Waals surface area contributed by atoms with Gasteiger partial charge < -0.3 is 9.13 Å². The molecule has 0 bridgehead atoms. The predicted octanol–water partition coefficient (Wildman–Crippen LogP) is 19.1. The predicted molar refractivity (Wildman–Crippen MR) is 305 cm³/mol. The molecule has 0 radical (unpaired) electrons. The first-order valence-electron chi connectivity index (χ1n) is 25.1. The molecule has 0 N–H and O–H groups in total. The van der Waals surface area contributed by atoms with Crippen molar-refractivity contribution in [2.24, 2.45) is 0 Å². The van der Waals surface area contributed by atoms with Crippen LogP contribution in [0.2, 0.25) is 0 Å². The summed E-state index contributed by atoms with van der Waals surface area (Å²) in [6.45, 7) is 0. The topological polar surface area (TPSA) is 9.86 Å². The van der Waals surface area contributed by atoms with Gasteiger partial charge in [0.2, 0.25) is 0 Å². The highest BCUT2D eigenvalue weighted by Gasteiger charge is 2.33. The summed E-state index contributed by atoms with van der Waals surface area (Å²) in [5.74, 6) is 0. The lowest BCUT2D eigenvalue weighted by atomic mass is 9.80. The first-order valence-corrected chi connectivity index (χ1v) is 25.1. The zero-order chi connectivity index (χ0) is 46.8. The lowest BCUT2D eigenvalue weighted by Crippen LogP contribution is -1.96. The van der Waals surface area contributed by atoms with Crippen molar-refractivity contribution in [2.45, 2.75) is 0 Å². The summed E-state index contributed by atoms with van der Waals surface area (Å²) in [7, 11) is 0. The van der Waals surface area contributed by atoms with Crippen molar-refractivity contribution < 1.29 is 0 Å². The average Bonchev–Trinajstić information content (AvgIpc) is 4.23. The number of hydrogen-bond acceptors (Lipinski definition) is 0. The minimum atomic E-state index is 1.16. The van der Waals surface area contributed by atoms with Crippen LogP contribution in [-0.4, -0.2) is 9.13 Å². The average molecular weight is 909 g/mol. The number of hydrogen-bond donors (Lipinski definition) is 0. The second-order valence-electron chi connectivity index (χ2n) is 19.9. The zero-order valence-corrected chi connectivity index (χ0v) is 39.0. The van der Waals surface area contributed by atoms with Gasteiger partial charge in [-0.05, 0) is 210 Å². The lowest BCUT2D eigenvalue weighted by molar-refractivity contribution is 1.13. The molecule has 17 rings (SSSR count). The Morgan fingerprint density at radius 1 is 0.222 bits per heavy atom. The molecular formula is C70H40N2. The minimum absolute atomic E-state index is 1.16. The largest absolute Gasteiger partial charge is 0.317 e. The minimum Gasteiger partial charge on any atom is -0.317 e. The Bertz CT molecular complexity index is 4890. The van der Waals surface area contributed by atoms with E-state index in [4.69, 9.17) is 0 Å². The van der Waals surface area contributed by atoms with E-state index in [-0.39, 0.29) is 0 Å². The number of rotatable bonds is 4. The number of nitrogens with zero attached hydrogens (tertiary/aromatic N) is 2. The maximum Gasteiger partial charge on any atom is 0.0528 e. The first-order chi connectivity index (χ1) is 35.7. The molecule has 0 fully saturated rings. The van der Waals surface area contributed by atoms with E-state index in [0.29, 0.717) is 0 Å². The molecule has 2 heteroatoms. The van der Waals surface area contributed by atoms with Crippen LogP contribution < -0.4 is 0 Å². The molecular weight excluding hydrogens is 869 g/mol. The molecule has 72 heavy (non-hydrogen) atoms. The van der Waals surface area contributed by atoms with Gasteiger partial charge in [0.15, 0.2) is 0 Å². The van der Waals surface area contributed by atoms with E-state index in [9.17, 15) is 0 Å². The maximum atomic E-state index is 2.49. The molecule has 2 aromatic heterocycles. The SMILES string of the molecule is c1ccc(-n2ccc3cc(-c4c5c(c(-c6ccc7c(ccn7-c7ccccc7)c6)c6c4ccc4c7cc8c(cc7ccc46)-c4cccc6cccc-8c46)-c4cccc6c4c-5cc4ccccc46)ccc32)cc1. The molecule has 330 valence electrons. The molecule has 0 spiro atoms. The normalized spacial score (nSPS) is 12.4. The quantitative estimate of drug-likeness (QED) is 0.156. The van der Waals surface area contributed by atoms with E-state index in [1.54, 1.807) is 0 Å². The summed E-state index contributed by atoms with van der Waals surface area (Å²) in [6, 6.07) is 86.9. The van der Waals surface area contributed by atoms with Gasteiger partial charge in [-0.3, -0.25) is 0 Å². The Morgan fingerprint density at radius 3 is 1.47 bits per heavy atom. The molecule has 2 heterocycles. The molecule has 2 nitrogen and oxygen atoms in total. The molecule has 0 unspecified atom stereocenters. The van der Waals surface area contributed by atoms with Gasteiger partial charge in [-0.1, -0.05) is 152 Å². The van der Waals surface area contributed by atoms with Crippen LogP contribution >= 0.6 is 0 Å². The van der Waals surface area contributed by atoms with Crippen molar-refractivity contribution in [3.63, 3.8) is 0 Å². The molecule has 13 aromatic carbocycles. The molecule has 2 aliphatic carbocycles. The molecule has 0 amide bonds. The highest BCUT2D eigenvalue weighted by atomic mass is 15.0. The highest BCUT2D eigenvalue weighted by molar-refractivity contribution is 6.35. The van der Waals surface area contributed by atoms with Gasteiger partial charge in [-0.2, -0.15) is 0 Å². The third-order valence-corrected chi connectivity index (χ3v) is 16.4. The Hall–Kier alpha value is -9.50. The summed E-state index contributed by atoms with van der Waals surface area (Å²) < 4.78 is 4.62. The van der Waals surface area contributed by atoms with Gasteiger partial charge in [-0.15, -0.1) is 0 Å². The van der Waals surface area contributed by atoms with Gasteiger partial charge in [-0.25, -0.2) is 0 Å². The fourth-order valence-corrected chi connectivity index (χ4v) is 13.3. The lowest BCUT2D eigenvalue weighted by Gasteiger charge is -2.23. The Kier molecular flexibility index (Phi) is 7.49. The van der Waals surface area contributed by atoms with Crippen molar-refractivity contribution in [3.05, 3.63) is 243 Å². The van der Waals surface area contributed by atoms with Crippen LogP contribution in [-0.2, 0) is 0 Å². The number of fused-ring (bicyclic) bond motifs is 15. The van der Waals surface area contributed by atoms with Gasteiger partial charge >= 0.3 is 0 Å². The summed E-state index contributed by atoms with van der Waals surface area (Å²) in [4.78, 5) is 0. The van der Waals surface area contributed by atoms with Crippen molar-refractivity contribution in [2.75, 3.05) is 0 Å². The third-order valence-electron chi connectivity index (χ3n) is 16.4. The van der Waals surface area contributed by atoms with Gasteiger partial charge in [0, 0.05) is 34.5 Å². The standard InChI is InChI=1S/C70H40N2/c1-3-15-48(16-4-1)71-34-32-44-36-46(25-30-62(44)71)65-57-29-28-51-55(27-24-43-38-59-53-20-9-13-41-14-10-21-54(64(41)53)60(59)40-58(43)51)68(57)66(47-26-31-63-45(37-47)33-35-72(63)49-17-5-2-6-18-49)69-56-23-11-22-52-50-19-8-7-12-42(50)39-61(67(52)56)70(65)69/h1-40H. The number of benzene rings is 13. The van der Waals surface area contributed by atoms with Crippen molar-refractivity contribution in [1.82, 2.24) is 9.13 Å². The molecule has 0 atom stereocenters. The summed E-state index contributed by atoms with van der Waals surface area (Å²) in [5.41, 5.74) is 20.2. The van der Waals surface area contributed by atoms with E-state index in [0.717, 1.165) is 11.4 Å². The molecule has 15 aromatic rings. The Balaban J connectivity index is 1.03. The summed E-state index contributed by atoms with van der Waals surface area (Å²) in [5, 5.41) is 17.9. The van der Waals surface area contributed by atoms with Gasteiger partial charge in [0.1, 0.15) is 0 Å². The first kappa shape index (κ1) is 38.4. The van der Waals surface area contributed by atoms with E-state index >= 15 is 0 Å². The maximum absolute atomic E-state index is 2.49. The van der Waals surface area contributed by atoms with E-state index in [1.165, 1.54) is 153 Å². The second kappa shape index (κ2) is 14.1. The zero-order valence-electron chi connectivity index (χ0n) is 39.0. The van der Waals surface area contributed by atoms with Gasteiger partial charge in [0.05, 0.1) is 11.0 Å². The van der Waals surface area contributed by atoms with E-state index in [2.05, 4.69) is 252 Å². The van der Waals surface area contributed by atoms with Crippen LogP contribution in [0.4, 0.5) is 0 Å². The van der Waals surface area contributed by atoms with Crippen molar-refractivity contribution in [1.29, 1.82) is 0 Å². The third kappa shape index (κ3) is 5.07. The molecule has 0 saturated heterocycles. The monoisotopic (exact) mass is 908 g/mol. The fraction of sp³-hybridized carbons (Fsp3) is 0. The summed E-state index contributed by atoms with van der Waals surface area (Å²) >= 11 is 0.